The van der Waals surface area contributed by atoms with E-state index in [9.17, 15) is 0 Å². The highest BCUT2D eigenvalue weighted by Crippen LogP contribution is 2.17. The number of para-hydroxylation sites is 1. The van der Waals surface area contributed by atoms with Crippen LogP contribution in [0.5, 0.6) is 0 Å². The van der Waals surface area contributed by atoms with Gasteiger partial charge in [-0.1, -0.05) is 30.0 Å². The second-order valence-corrected chi connectivity index (χ2v) is 5.65. The number of pyridine rings is 1. The Morgan fingerprint density at radius 2 is 1.83 bits per heavy atom. The van der Waals surface area contributed by atoms with Gasteiger partial charge in [0.1, 0.15) is 0 Å². The fourth-order valence-electron chi connectivity index (χ4n) is 1.95. The van der Waals surface area contributed by atoms with Crippen LogP contribution in [-0.2, 0) is 6.54 Å². The van der Waals surface area contributed by atoms with Crippen molar-refractivity contribution >= 4 is 24.2 Å². The summed E-state index contributed by atoms with van der Waals surface area (Å²) in [7, 11) is 0. The van der Waals surface area contributed by atoms with Crippen molar-refractivity contribution in [3.05, 3.63) is 60.4 Å². The molecular formula is C15H17ClN6S. The van der Waals surface area contributed by atoms with Gasteiger partial charge in [-0.15, -0.1) is 17.5 Å². The zero-order valence-corrected chi connectivity index (χ0v) is 14.0. The molecule has 0 unspecified atom stereocenters. The number of rotatable bonds is 7. The fourth-order valence-corrected chi connectivity index (χ4v) is 2.74. The lowest BCUT2D eigenvalue weighted by molar-refractivity contribution is 0.727. The molecule has 0 spiro atoms. The Balaban J connectivity index is 0.00000192. The lowest BCUT2D eigenvalue weighted by Gasteiger charge is -2.05. The van der Waals surface area contributed by atoms with Crippen LogP contribution in [0.15, 0.2) is 60.0 Å². The lowest BCUT2D eigenvalue weighted by atomic mass is 10.3. The molecule has 0 saturated heterocycles. The Morgan fingerprint density at radius 1 is 1.04 bits per heavy atom. The van der Waals surface area contributed by atoms with E-state index in [-0.39, 0.29) is 12.4 Å². The molecule has 0 fully saturated rings. The number of nitrogens with one attached hydrogen (secondary N) is 1. The van der Waals surface area contributed by atoms with Gasteiger partial charge in [-0.05, 0) is 40.3 Å². The highest BCUT2D eigenvalue weighted by Gasteiger charge is 2.07. The Hall–Kier alpha value is -1.96. The molecular weight excluding hydrogens is 332 g/mol. The third-order valence-corrected chi connectivity index (χ3v) is 3.95. The molecule has 3 rings (SSSR count). The molecule has 1 N–H and O–H groups in total. The predicted octanol–water partition coefficient (Wildman–Crippen LogP) is 2.36. The minimum Gasteiger partial charge on any atom is -0.312 e. The van der Waals surface area contributed by atoms with Crippen LogP contribution in [0.1, 0.15) is 5.56 Å². The number of hydrogen-bond acceptors (Lipinski definition) is 6. The second-order valence-electron chi connectivity index (χ2n) is 4.59. The predicted molar refractivity (Wildman–Crippen MR) is 93.1 cm³/mol. The van der Waals surface area contributed by atoms with E-state index in [0.717, 1.165) is 29.7 Å². The first-order valence-corrected chi connectivity index (χ1v) is 7.98. The minimum atomic E-state index is 0. The average Bonchev–Trinajstić information content (AvgIpc) is 3.05. The van der Waals surface area contributed by atoms with Gasteiger partial charge >= 0.3 is 0 Å². The van der Waals surface area contributed by atoms with Crippen molar-refractivity contribution in [1.29, 1.82) is 0 Å². The van der Waals surface area contributed by atoms with Crippen molar-refractivity contribution < 1.29 is 0 Å². The van der Waals surface area contributed by atoms with E-state index in [1.54, 1.807) is 28.8 Å². The van der Waals surface area contributed by atoms with Gasteiger partial charge in [-0.25, -0.2) is 0 Å². The molecule has 0 aliphatic carbocycles. The van der Waals surface area contributed by atoms with Crippen LogP contribution in [0.4, 0.5) is 0 Å². The fraction of sp³-hybridized carbons (Fsp3) is 0.200. The molecule has 23 heavy (non-hydrogen) atoms. The van der Waals surface area contributed by atoms with Gasteiger partial charge in [0.25, 0.3) is 0 Å². The second kappa shape index (κ2) is 9.24. The maximum atomic E-state index is 4.08. The number of hydrogen-bond donors (Lipinski definition) is 1. The van der Waals surface area contributed by atoms with Gasteiger partial charge in [0.05, 0.1) is 5.69 Å². The average molecular weight is 349 g/mol. The molecule has 0 amide bonds. The Kier molecular flexibility index (Phi) is 6.99. The van der Waals surface area contributed by atoms with Gasteiger partial charge in [0.2, 0.25) is 5.16 Å². The summed E-state index contributed by atoms with van der Waals surface area (Å²) >= 11 is 1.64. The number of aromatic nitrogens is 5. The molecule has 120 valence electrons. The van der Waals surface area contributed by atoms with Gasteiger partial charge in [-0.2, -0.15) is 4.68 Å². The number of thioether (sulfide) groups is 1. The smallest absolute Gasteiger partial charge is 0.214 e. The number of halogens is 1. The summed E-state index contributed by atoms with van der Waals surface area (Å²) in [5.74, 6) is 0.901. The topological polar surface area (TPSA) is 68.5 Å². The summed E-state index contributed by atoms with van der Waals surface area (Å²) in [5, 5.41) is 16.1. The van der Waals surface area contributed by atoms with E-state index in [1.807, 2.05) is 42.5 Å². The van der Waals surface area contributed by atoms with E-state index in [1.165, 1.54) is 5.56 Å². The van der Waals surface area contributed by atoms with E-state index < -0.39 is 0 Å². The minimum absolute atomic E-state index is 0. The van der Waals surface area contributed by atoms with Crippen molar-refractivity contribution in [2.24, 2.45) is 0 Å². The molecule has 2 heterocycles. The monoisotopic (exact) mass is 348 g/mol. The molecule has 0 aliphatic rings. The molecule has 3 aromatic rings. The Morgan fingerprint density at radius 3 is 2.61 bits per heavy atom. The summed E-state index contributed by atoms with van der Waals surface area (Å²) in [6.07, 6.45) is 3.61. The van der Waals surface area contributed by atoms with Crippen LogP contribution in [0.3, 0.4) is 0 Å². The zero-order chi connectivity index (χ0) is 15.0. The summed E-state index contributed by atoms with van der Waals surface area (Å²) in [5.41, 5.74) is 2.20. The SMILES string of the molecule is Cl.c1ccc(-n2nnnc2SCCNCc2ccncc2)cc1. The third kappa shape index (κ3) is 5.02. The summed E-state index contributed by atoms with van der Waals surface area (Å²) in [4.78, 5) is 4.01. The lowest BCUT2D eigenvalue weighted by Crippen LogP contribution is -2.16. The first-order chi connectivity index (χ1) is 10.9. The molecule has 6 nitrogen and oxygen atoms in total. The number of benzene rings is 1. The normalized spacial score (nSPS) is 10.3. The standard InChI is InChI=1S/C15H16N6S.ClH/c1-2-4-14(5-3-1)21-15(18-19-20-21)22-11-10-17-12-13-6-8-16-9-7-13;/h1-9,17H,10-12H2;1H. The van der Waals surface area contributed by atoms with E-state index in [0.29, 0.717) is 0 Å². The van der Waals surface area contributed by atoms with Crippen molar-refractivity contribution in [2.45, 2.75) is 11.7 Å². The van der Waals surface area contributed by atoms with Crippen molar-refractivity contribution in [3.63, 3.8) is 0 Å². The maximum absolute atomic E-state index is 4.08. The summed E-state index contributed by atoms with van der Waals surface area (Å²) < 4.78 is 1.76. The maximum Gasteiger partial charge on any atom is 0.214 e. The molecule has 0 saturated carbocycles. The van der Waals surface area contributed by atoms with Crippen molar-refractivity contribution in [2.75, 3.05) is 12.3 Å². The van der Waals surface area contributed by atoms with Crippen LogP contribution < -0.4 is 5.32 Å². The van der Waals surface area contributed by atoms with Crippen LogP contribution in [-0.4, -0.2) is 37.5 Å². The number of tetrazole rings is 1. The first kappa shape index (κ1) is 17.4. The van der Waals surface area contributed by atoms with Crippen molar-refractivity contribution in [1.82, 2.24) is 30.5 Å². The highest BCUT2D eigenvalue weighted by molar-refractivity contribution is 7.99. The molecule has 0 radical (unpaired) electrons. The molecule has 8 heteroatoms. The summed E-state index contributed by atoms with van der Waals surface area (Å²) in [6.45, 7) is 1.72. The van der Waals surface area contributed by atoms with Gasteiger partial charge in [0, 0.05) is 31.2 Å². The van der Waals surface area contributed by atoms with E-state index in [2.05, 4.69) is 25.8 Å². The van der Waals surface area contributed by atoms with Gasteiger partial charge in [0.15, 0.2) is 0 Å². The van der Waals surface area contributed by atoms with Crippen LogP contribution in [0.25, 0.3) is 5.69 Å². The van der Waals surface area contributed by atoms with Crippen molar-refractivity contribution in [3.8, 4) is 5.69 Å². The molecule has 2 aromatic heterocycles. The molecule has 0 atom stereocenters. The molecule has 0 bridgehead atoms. The van der Waals surface area contributed by atoms with Gasteiger partial charge in [-0.3, -0.25) is 4.98 Å². The quantitative estimate of drug-likeness (QED) is 0.522. The van der Waals surface area contributed by atoms with Crippen LogP contribution in [0, 0.1) is 0 Å². The van der Waals surface area contributed by atoms with E-state index in [4.69, 9.17) is 0 Å². The number of nitrogens with zero attached hydrogens (tertiary/aromatic N) is 5. The Bertz CT molecular complexity index is 691. The van der Waals surface area contributed by atoms with Crippen LogP contribution >= 0.6 is 24.2 Å². The Labute approximate surface area is 145 Å². The van der Waals surface area contributed by atoms with Crippen LogP contribution in [0.2, 0.25) is 0 Å². The summed E-state index contributed by atoms with van der Waals surface area (Å²) in [6, 6.07) is 13.9. The largest absolute Gasteiger partial charge is 0.312 e. The van der Waals surface area contributed by atoms with Gasteiger partial charge < -0.3 is 5.32 Å². The molecule has 0 aliphatic heterocycles. The first-order valence-electron chi connectivity index (χ1n) is 7.00. The highest BCUT2D eigenvalue weighted by atomic mass is 35.5. The third-order valence-electron chi connectivity index (χ3n) is 3.03. The molecule has 1 aromatic carbocycles. The zero-order valence-electron chi connectivity index (χ0n) is 12.4. The van der Waals surface area contributed by atoms with E-state index >= 15 is 0 Å².